The van der Waals surface area contributed by atoms with Crippen molar-refractivity contribution in [2.45, 2.75) is 4.90 Å². The summed E-state index contributed by atoms with van der Waals surface area (Å²) in [6, 6.07) is 15.9. The fourth-order valence-electron chi connectivity index (χ4n) is 1.58. The van der Waals surface area contributed by atoms with Crippen LogP contribution in [0.3, 0.4) is 0 Å². The normalized spacial score (nSPS) is 10.2. The lowest BCUT2D eigenvalue weighted by Crippen LogP contribution is -2.00. The van der Waals surface area contributed by atoms with Gasteiger partial charge in [0.15, 0.2) is 0 Å². The topological polar surface area (TPSA) is 18.5 Å². The van der Waals surface area contributed by atoms with E-state index in [2.05, 4.69) is 22.0 Å². The van der Waals surface area contributed by atoms with Crippen molar-refractivity contribution in [1.82, 2.24) is 0 Å². The molecule has 0 unspecified atom stereocenters. The second-order valence-electron chi connectivity index (χ2n) is 3.80. The molecule has 0 aliphatic heterocycles. The number of para-hydroxylation sites is 1. The fraction of sp³-hybridized carbons (Fsp3) is 0.200. The molecule has 2 rings (SSSR count). The Morgan fingerprint density at radius 1 is 1.05 bits per heavy atom. The van der Waals surface area contributed by atoms with E-state index < -0.39 is 0 Å². The van der Waals surface area contributed by atoms with Gasteiger partial charge in [-0.25, -0.2) is 0 Å². The molecule has 19 heavy (non-hydrogen) atoms. The van der Waals surface area contributed by atoms with E-state index in [9.17, 15) is 0 Å². The van der Waals surface area contributed by atoms with E-state index in [0.29, 0.717) is 6.61 Å². The molecule has 0 bridgehead atoms. The van der Waals surface area contributed by atoms with E-state index in [1.807, 2.05) is 42.5 Å². The number of benzene rings is 2. The van der Waals surface area contributed by atoms with Gasteiger partial charge in [0.2, 0.25) is 0 Å². The average molecular weight is 339 g/mol. The Labute approximate surface area is 126 Å². The zero-order valence-electron chi connectivity index (χ0n) is 10.6. The minimum atomic E-state index is 0.671. The molecular weight excluding hydrogens is 324 g/mol. The maximum atomic E-state index is 5.67. The van der Waals surface area contributed by atoms with E-state index in [-0.39, 0.29) is 0 Å². The highest BCUT2D eigenvalue weighted by Crippen LogP contribution is 2.28. The molecule has 0 radical (unpaired) electrons. The number of ether oxygens (including phenoxy) is 2. The van der Waals surface area contributed by atoms with Crippen LogP contribution >= 0.6 is 27.7 Å². The minimum Gasteiger partial charge on any atom is -0.496 e. The Hall–Kier alpha value is -1.13. The number of hydrogen-bond acceptors (Lipinski definition) is 3. The Morgan fingerprint density at radius 3 is 2.53 bits per heavy atom. The predicted octanol–water partition coefficient (Wildman–Crippen LogP) is 4.63. The number of rotatable bonds is 6. The smallest absolute Gasteiger partial charge is 0.132 e. The van der Waals surface area contributed by atoms with Gasteiger partial charge in [0.05, 0.1) is 13.7 Å². The Morgan fingerprint density at radius 2 is 1.79 bits per heavy atom. The van der Waals surface area contributed by atoms with Crippen LogP contribution in [0.2, 0.25) is 0 Å². The molecule has 4 heteroatoms. The van der Waals surface area contributed by atoms with Crippen molar-refractivity contribution in [1.29, 1.82) is 0 Å². The maximum Gasteiger partial charge on any atom is 0.132 e. The molecule has 0 atom stereocenters. The molecule has 0 N–H and O–H groups in total. The van der Waals surface area contributed by atoms with E-state index in [4.69, 9.17) is 9.47 Å². The van der Waals surface area contributed by atoms with Crippen molar-refractivity contribution in [3.63, 3.8) is 0 Å². The lowest BCUT2D eigenvalue weighted by atomic mass is 10.3. The van der Waals surface area contributed by atoms with E-state index >= 15 is 0 Å². The van der Waals surface area contributed by atoms with Crippen LogP contribution in [-0.4, -0.2) is 19.5 Å². The van der Waals surface area contributed by atoms with Crippen LogP contribution in [0.1, 0.15) is 0 Å². The quantitative estimate of drug-likeness (QED) is 0.565. The predicted molar refractivity (Wildman–Crippen MR) is 83.4 cm³/mol. The first kappa shape index (κ1) is 14.3. The largest absolute Gasteiger partial charge is 0.496 e. The molecule has 0 aliphatic rings. The van der Waals surface area contributed by atoms with Gasteiger partial charge < -0.3 is 9.47 Å². The zero-order valence-corrected chi connectivity index (χ0v) is 13.0. The molecule has 0 saturated carbocycles. The van der Waals surface area contributed by atoms with Gasteiger partial charge in [-0.05, 0) is 36.4 Å². The van der Waals surface area contributed by atoms with Gasteiger partial charge in [-0.1, -0.05) is 28.1 Å². The molecule has 0 fully saturated rings. The van der Waals surface area contributed by atoms with Gasteiger partial charge in [-0.3, -0.25) is 0 Å². The molecule has 0 amide bonds. The average Bonchev–Trinajstić information content (AvgIpc) is 2.46. The molecule has 0 aromatic heterocycles. The first-order valence-corrected chi connectivity index (χ1v) is 7.71. The molecule has 2 nitrogen and oxygen atoms in total. The molecule has 2 aromatic carbocycles. The van der Waals surface area contributed by atoms with Gasteiger partial charge in [0, 0.05) is 15.1 Å². The van der Waals surface area contributed by atoms with Gasteiger partial charge >= 0.3 is 0 Å². The van der Waals surface area contributed by atoms with Crippen LogP contribution < -0.4 is 9.47 Å². The number of thioether (sulfide) groups is 1. The Kier molecular flexibility index (Phi) is 5.61. The summed E-state index contributed by atoms with van der Waals surface area (Å²) < 4.78 is 12.0. The number of halogens is 1. The van der Waals surface area contributed by atoms with Gasteiger partial charge in [0.25, 0.3) is 0 Å². The number of hydrogen-bond donors (Lipinski definition) is 0. The van der Waals surface area contributed by atoms with Crippen LogP contribution in [0, 0.1) is 0 Å². The molecule has 2 aromatic rings. The maximum absolute atomic E-state index is 5.67. The van der Waals surface area contributed by atoms with Crippen molar-refractivity contribution in [2.75, 3.05) is 19.5 Å². The zero-order chi connectivity index (χ0) is 13.5. The van der Waals surface area contributed by atoms with E-state index in [1.54, 1.807) is 18.9 Å². The monoisotopic (exact) mass is 338 g/mol. The van der Waals surface area contributed by atoms with Crippen LogP contribution in [0.4, 0.5) is 0 Å². The summed E-state index contributed by atoms with van der Waals surface area (Å²) in [5.41, 5.74) is 0. The lowest BCUT2D eigenvalue weighted by molar-refractivity contribution is 0.344. The summed E-state index contributed by atoms with van der Waals surface area (Å²) in [6.07, 6.45) is 0. The van der Waals surface area contributed by atoms with Gasteiger partial charge in [0.1, 0.15) is 11.5 Å². The fourth-order valence-corrected chi connectivity index (χ4v) is 2.70. The Bertz CT molecular complexity index is 514. The Balaban J connectivity index is 1.79. The highest BCUT2D eigenvalue weighted by molar-refractivity contribution is 9.10. The lowest BCUT2D eigenvalue weighted by Gasteiger charge is -2.08. The summed E-state index contributed by atoms with van der Waals surface area (Å²) >= 11 is 5.13. The molecule has 0 saturated heterocycles. The van der Waals surface area contributed by atoms with Crippen molar-refractivity contribution in [2.24, 2.45) is 0 Å². The van der Waals surface area contributed by atoms with E-state index in [1.165, 1.54) is 0 Å². The highest BCUT2D eigenvalue weighted by atomic mass is 79.9. The number of methoxy groups -OCH3 is 1. The SMILES string of the molecule is COc1ccccc1SCCOc1ccc(Br)cc1. The molecular formula is C15H15BrO2S. The van der Waals surface area contributed by atoms with Crippen molar-refractivity contribution < 1.29 is 9.47 Å². The van der Waals surface area contributed by atoms with E-state index in [0.717, 1.165) is 26.6 Å². The van der Waals surface area contributed by atoms with Crippen LogP contribution in [0.25, 0.3) is 0 Å². The summed E-state index contributed by atoms with van der Waals surface area (Å²) in [5, 5.41) is 0. The third-order valence-corrected chi connectivity index (χ3v) is 4.04. The first-order valence-electron chi connectivity index (χ1n) is 5.94. The second-order valence-corrected chi connectivity index (χ2v) is 5.85. The summed E-state index contributed by atoms with van der Waals surface area (Å²) in [5.74, 6) is 2.69. The van der Waals surface area contributed by atoms with Gasteiger partial charge in [-0.2, -0.15) is 0 Å². The summed E-state index contributed by atoms with van der Waals surface area (Å²) in [7, 11) is 1.69. The minimum absolute atomic E-state index is 0.671. The molecule has 100 valence electrons. The first-order chi connectivity index (χ1) is 9.29. The van der Waals surface area contributed by atoms with Crippen molar-refractivity contribution in [3.8, 4) is 11.5 Å². The van der Waals surface area contributed by atoms with Crippen LogP contribution in [0.5, 0.6) is 11.5 Å². The third-order valence-electron chi connectivity index (χ3n) is 2.49. The molecule has 0 spiro atoms. The van der Waals surface area contributed by atoms with Crippen LogP contribution in [-0.2, 0) is 0 Å². The third kappa shape index (κ3) is 4.48. The molecule has 0 aliphatic carbocycles. The second kappa shape index (κ2) is 7.46. The summed E-state index contributed by atoms with van der Waals surface area (Å²) in [6.45, 7) is 0.671. The summed E-state index contributed by atoms with van der Waals surface area (Å²) in [4.78, 5) is 1.14. The molecule has 0 heterocycles. The van der Waals surface area contributed by atoms with Gasteiger partial charge in [-0.15, -0.1) is 11.8 Å². The highest BCUT2D eigenvalue weighted by Gasteiger charge is 2.02. The standard InChI is InChI=1S/C15H15BrO2S/c1-17-14-4-2-3-5-15(14)19-11-10-18-13-8-6-12(16)7-9-13/h2-9H,10-11H2,1H3. The van der Waals surface area contributed by atoms with Crippen LogP contribution in [0.15, 0.2) is 57.9 Å². The van der Waals surface area contributed by atoms with Crippen molar-refractivity contribution >= 4 is 27.7 Å². The van der Waals surface area contributed by atoms with Crippen molar-refractivity contribution in [3.05, 3.63) is 53.0 Å².